The summed E-state index contributed by atoms with van der Waals surface area (Å²) in [5.74, 6) is -3.24. The van der Waals surface area contributed by atoms with Gasteiger partial charge in [-0.15, -0.1) is 0 Å². The van der Waals surface area contributed by atoms with Gasteiger partial charge in [-0.1, -0.05) is 30.3 Å². The molecule has 0 saturated carbocycles. The predicted octanol–water partition coefficient (Wildman–Crippen LogP) is 1.25. The molecule has 1 aliphatic rings. The van der Waals surface area contributed by atoms with Crippen LogP contribution in [0.1, 0.15) is 39.2 Å². The molecule has 0 bridgehead atoms. The summed E-state index contributed by atoms with van der Waals surface area (Å²) in [6, 6.07) is 6.97. The average molecular weight is 437 g/mol. The molecule has 2 rings (SSSR count). The molecular formula is C22H32N2O7. The summed E-state index contributed by atoms with van der Waals surface area (Å²) in [5.41, 5.74) is 1.06. The Morgan fingerprint density at radius 3 is 2.39 bits per heavy atom. The van der Waals surface area contributed by atoms with Crippen molar-refractivity contribution in [2.45, 2.75) is 63.9 Å². The van der Waals surface area contributed by atoms with Crippen LogP contribution in [0.3, 0.4) is 0 Å². The van der Waals surface area contributed by atoms with E-state index in [9.17, 15) is 19.5 Å². The van der Waals surface area contributed by atoms with Gasteiger partial charge in [0.2, 0.25) is 5.91 Å². The zero-order chi connectivity index (χ0) is 22.9. The molecule has 0 spiro atoms. The number of hydrogen-bond donors (Lipinski definition) is 3. The number of rotatable bonds is 12. The molecule has 1 unspecified atom stereocenters. The van der Waals surface area contributed by atoms with E-state index >= 15 is 0 Å². The topological polar surface area (TPSA) is 123 Å². The Kier molecular flexibility index (Phi) is 9.42. The van der Waals surface area contributed by atoms with Crippen LogP contribution < -0.4 is 10.6 Å². The lowest BCUT2D eigenvalue weighted by Gasteiger charge is -2.28. The van der Waals surface area contributed by atoms with E-state index in [1.807, 2.05) is 30.3 Å². The molecule has 1 saturated heterocycles. The van der Waals surface area contributed by atoms with E-state index in [1.54, 1.807) is 20.8 Å². The van der Waals surface area contributed by atoms with Gasteiger partial charge in [-0.25, -0.2) is 4.79 Å². The quantitative estimate of drug-likeness (QED) is 0.419. The van der Waals surface area contributed by atoms with E-state index in [2.05, 4.69) is 10.6 Å². The van der Waals surface area contributed by atoms with E-state index < -0.39 is 41.8 Å². The summed E-state index contributed by atoms with van der Waals surface area (Å²) in [6.45, 7) is 5.91. The monoisotopic (exact) mass is 436 g/mol. The SMILES string of the molecule is CCOC(=O)[C@H](CCc1ccccc1)NC(C)C(=O)N[C@@H](CC1(C)OCCO1)C(=O)O. The fourth-order valence-corrected chi connectivity index (χ4v) is 3.39. The van der Waals surface area contributed by atoms with Crippen LogP contribution in [-0.4, -0.2) is 66.7 Å². The van der Waals surface area contributed by atoms with Crippen molar-refractivity contribution >= 4 is 17.8 Å². The number of carbonyl (C=O) groups excluding carboxylic acids is 2. The van der Waals surface area contributed by atoms with Crippen LogP contribution >= 0.6 is 0 Å². The van der Waals surface area contributed by atoms with Gasteiger partial charge in [-0.2, -0.15) is 0 Å². The molecule has 1 aromatic rings. The van der Waals surface area contributed by atoms with Crippen LogP contribution in [0.4, 0.5) is 0 Å². The maximum atomic E-state index is 12.7. The molecule has 1 aliphatic heterocycles. The first-order valence-corrected chi connectivity index (χ1v) is 10.5. The van der Waals surface area contributed by atoms with E-state index in [0.29, 0.717) is 26.1 Å². The number of ether oxygens (including phenoxy) is 3. The Morgan fingerprint density at radius 1 is 1.16 bits per heavy atom. The summed E-state index contributed by atoms with van der Waals surface area (Å²) < 4.78 is 16.0. The fourth-order valence-electron chi connectivity index (χ4n) is 3.39. The number of carbonyl (C=O) groups is 3. The third-order valence-corrected chi connectivity index (χ3v) is 5.07. The Hall–Kier alpha value is -2.49. The number of amides is 1. The van der Waals surface area contributed by atoms with Crippen molar-refractivity contribution in [1.82, 2.24) is 10.6 Å². The minimum atomic E-state index is -1.19. The first-order chi connectivity index (χ1) is 14.7. The second-order valence-electron chi connectivity index (χ2n) is 7.65. The smallest absolute Gasteiger partial charge is 0.326 e. The van der Waals surface area contributed by atoms with Crippen LogP contribution in [0.15, 0.2) is 30.3 Å². The number of benzene rings is 1. The molecule has 3 N–H and O–H groups in total. The van der Waals surface area contributed by atoms with E-state index in [1.165, 1.54) is 0 Å². The number of carboxylic acid groups (broad SMARTS) is 1. The van der Waals surface area contributed by atoms with Crippen LogP contribution in [0.2, 0.25) is 0 Å². The van der Waals surface area contributed by atoms with E-state index in [-0.39, 0.29) is 13.0 Å². The molecular weight excluding hydrogens is 404 g/mol. The highest BCUT2D eigenvalue weighted by Gasteiger charge is 2.38. The number of carboxylic acids is 1. The first kappa shape index (κ1) is 24.8. The van der Waals surface area contributed by atoms with Gasteiger partial charge >= 0.3 is 11.9 Å². The van der Waals surface area contributed by atoms with Gasteiger partial charge in [0, 0.05) is 6.42 Å². The van der Waals surface area contributed by atoms with Crippen LogP contribution in [0.5, 0.6) is 0 Å². The van der Waals surface area contributed by atoms with Crippen LogP contribution in [0.25, 0.3) is 0 Å². The fraction of sp³-hybridized carbons (Fsp3) is 0.591. The number of aliphatic carboxylic acids is 1. The number of hydrogen-bond acceptors (Lipinski definition) is 7. The minimum absolute atomic E-state index is 0.0316. The molecule has 3 atom stereocenters. The van der Waals surface area contributed by atoms with Gasteiger partial charge < -0.3 is 24.6 Å². The van der Waals surface area contributed by atoms with E-state index in [0.717, 1.165) is 5.56 Å². The maximum Gasteiger partial charge on any atom is 0.326 e. The molecule has 0 radical (unpaired) electrons. The zero-order valence-corrected chi connectivity index (χ0v) is 18.3. The number of aryl methyl sites for hydroxylation is 1. The van der Waals surface area contributed by atoms with Crippen molar-refractivity contribution in [3.05, 3.63) is 35.9 Å². The van der Waals surface area contributed by atoms with Crippen molar-refractivity contribution in [3.8, 4) is 0 Å². The largest absolute Gasteiger partial charge is 0.480 e. The molecule has 1 aromatic carbocycles. The Morgan fingerprint density at radius 2 is 1.81 bits per heavy atom. The van der Waals surface area contributed by atoms with Gasteiger partial charge in [0.05, 0.1) is 25.9 Å². The first-order valence-electron chi connectivity index (χ1n) is 10.5. The van der Waals surface area contributed by atoms with Crippen molar-refractivity contribution in [1.29, 1.82) is 0 Å². The van der Waals surface area contributed by atoms with Gasteiger partial charge in [-0.3, -0.25) is 14.9 Å². The molecule has 31 heavy (non-hydrogen) atoms. The van der Waals surface area contributed by atoms with Gasteiger partial charge in [0.15, 0.2) is 5.79 Å². The molecule has 9 nitrogen and oxygen atoms in total. The molecule has 1 fully saturated rings. The van der Waals surface area contributed by atoms with Crippen molar-refractivity contribution < 1.29 is 33.7 Å². The normalized spacial score (nSPS) is 18.0. The molecule has 9 heteroatoms. The lowest BCUT2D eigenvalue weighted by molar-refractivity contribution is -0.164. The van der Waals surface area contributed by atoms with Gasteiger partial charge in [-0.05, 0) is 39.2 Å². The highest BCUT2D eigenvalue weighted by atomic mass is 16.7. The van der Waals surface area contributed by atoms with Crippen LogP contribution in [-0.2, 0) is 35.0 Å². The standard InChI is InChI=1S/C22H32N2O7/c1-4-29-21(28)17(11-10-16-8-6-5-7-9-16)23-15(2)19(25)24-18(20(26)27)14-22(3)30-12-13-31-22/h5-9,15,17-18,23H,4,10-14H2,1-3H3,(H,24,25)(H,26,27)/t15?,17-,18-/m0/s1. The number of nitrogens with one attached hydrogen (secondary N) is 2. The lowest BCUT2D eigenvalue weighted by atomic mass is 10.0. The third-order valence-electron chi connectivity index (χ3n) is 5.07. The average Bonchev–Trinajstić information content (AvgIpc) is 3.17. The molecule has 172 valence electrons. The number of esters is 1. The second-order valence-corrected chi connectivity index (χ2v) is 7.65. The summed E-state index contributed by atoms with van der Waals surface area (Å²) >= 11 is 0. The Bertz CT molecular complexity index is 735. The minimum Gasteiger partial charge on any atom is -0.480 e. The van der Waals surface area contributed by atoms with Gasteiger partial charge in [0.1, 0.15) is 12.1 Å². The highest BCUT2D eigenvalue weighted by Crippen LogP contribution is 2.24. The van der Waals surface area contributed by atoms with Crippen molar-refractivity contribution in [3.63, 3.8) is 0 Å². The maximum absolute atomic E-state index is 12.7. The summed E-state index contributed by atoms with van der Waals surface area (Å²) in [6.07, 6.45) is 1.02. The molecule has 0 aromatic heterocycles. The summed E-state index contributed by atoms with van der Waals surface area (Å²) in [5, 5.41) is 15.0. The van der Waals surface area contributed by atoms with E-state index in [4.69, 9.17) is 14.2 Å². The molecule has 0 aliphatic carbocycles. The molecule has 1 heterocycles. The highest BCUT2D eigenvalue weighted by molar-refractivity contribution is 5.87. The zero-order valence-electron chi connectivity index (χ0n) is 18.3. The lowest BCUT2D eigenvalue weighted by Crippen LogP contribution is -2.54. The second kappa shape index (κ2) is 11.8. The molecule has 1 amide bonds. The Labute approximate surface area is 182 Å². The Balaban J connectivity index is 1.97. The third kappa shape index (κ3) is 7.93. The summed E-state index contributed by atoms with van der Waals surface area (Å²) in [7, 11) is 0. The predicted molar refractivity (Wildman–Crippen MR) is 112 cm³/mol. The van der Waals surface area contributed by atoms with Crippen molar-refractivity contribution in [2.75, 3.05) is 19.8 Å². The summed E-state index contributed by atoms with van der Waals surface area (Å²) in [4.78, 5) is 36.7. The van der Waals surface area contributed by atoms with Gasteiger partial charge in [0.25, 0.3) is 0 Å². The van der Waals surface area contributed by atoms with Crippen LogP contribution in [0, 0.1) is 0 Å². The van der Waals surface area contributed by atoms with Crippen molar-refractivity contribution in [2.24, 2.45) is 0 Å².